The Kier molecular flexibility index (Phi) is 2.32. The Labute approximate surface area is 99.6 Å². The smallest absolute Gasteiger partial charge is 0.143 e. The lowest BCUT2D eigenvalue weighted by molar-refractivity contribution is 0.343. The van der Waals surface area contributed by atoms with Gasteiger partial charge >= 0.3 is 0 Å². The van der Waals surface area contributed by atoms with Crippen LogP contribution in [0.25, 0.3) is 10.9 Å². The van der Waals surface area contributed by atoms with E-state index in [9.17, 15) is 0 Å². The first-order valence-electron chi connectivity index (χ1n) is 5.74. The van der Waals surface area contributed by atoms with Gasteiger partial charge in [0.25, 0.3) is 0 Å². The molecule has 1 fully saturated rings. The molecule has 1 aromatic carbocycles. The number of para-hydroxylation sites is 1. The number of aromatic amines is 1. The third kappa shape index (κ3) is 1.49. The molecule has 1 saturated carbocycles. The number of rotatable bonds is 3. The topological polar surface area (TPSA) is 25.0 Å². The lowest BCUT2D eigenvalue weighted by atomic mass is 10.2. The third-order valence-corrected chi connectivity index (χ3v) is 3.45. The molecule has 1 heterocycles. The second-order valence-corrected chi connectivity index (χ2v) is 4.62. The monoisotopic (exact) mass is 235 g/mol. The molecule has 1 aliphatic rings. The molecule has 0 unspecified atom stereocenters. The van der Waals surface area contributed by atoms with E-state index in [0.717, 1.165) is 21.7 Å². The normalized spacial score (nSPS) is 15.6. The largest absolute Gasteiger partial charge is 0.492 e. The Morgan fingerprint density at radius 2 is 2.25 bits per heavy atom. The predicted molar refractivity (Wildman–Crippen MR) is 66.5 cm³/mol. The number of aromatic nitrogens is 1. The summed E-state index contributed by atoms with van der Waals surface area (Å²) >= 11 is 6.38. The lowest BCUT2D eigenvalue weighted by Crippen LogP contribution is -1.91. The Bertz CT molecular complexity index is 528. The maximum Gasteiger partial charge on any atom is 0.143 e. The van der Waals surface area contributed by atoms with E-state index in [0.29, 0.717) is 12.5 Å². The summed E-state index contributed by atoms with van der Waals surface area (Å²) in [6.45, 7) is 2.67. The average molecular weight is 236 g/mol. The Balaban J connectivity index is 2.19. The molecule has 1 N–H and O–H groups in total. The highest BCUT2D eigenvalue weighted by atomic mass is 35.5. The highest BCUT2D eigenvalue weighted by Gasteiger charge is 2.28. The fourth-order valence-corrected chi connectivity index (χ4v) is 2.47. The molecule has 0 bridgehead atoms. The SMILES string of the molecule is CCOc1cccc2c(Cl)c(C3CC3)[nH]c12. The van der Waals surface area contributed by atoms with Gasteiger partial charge in [-0.05, 0) is 25.8 Å². The van der Waals surface area contributed by atoms with Crippen LogP contribution in [0.3, 0.4) is 0 Å². The van der Waals surface area contributed by atoms with Crippen LogP contribution in [0.1, 0.15) is 31.4 Å². The van der Waals surface area contributed by atoms with Gasteiger partial charge in [0.2, 0.25) is 0 Å². The van der Waals surface area contributed by atoms with Crippen molar-refractivity contribution in [1.82, 2.24) is 4.98 Å². The van der Waals surface area contributed by atoms with Crippen LogP contribution in [0.5, 0.6) is 5.75 Å². The van der Waals surface area contributed by atoms with E-state index in [1.54, 1.807) is 0 Å². The van der Waals surface area contributed by atoms with Crippen molar-refractivity contribution >= 4 is 22.5 Å². The van der Waals surface area contributed by atoms with Crippen molar-refractivity contribution < 1.29 is 4.74 Å². The maximum atomic E-state index is 6.38. The van der Waals surface area contributed by atoms with Gasteiger partial charge in [0.1, 0.15) is 5.75 Å². The van der Waals surface area contributed by atoms with Crippen LogP contribution in [-0.4, -0.2) is 11.6 Å². The Morgan fingerprint density at radius 3 is 2.94 bits per heavy atom. The second-order valence-electron chi connectivity index (χ2n) is 4.24. The number of halogens is 1. The van der Waals surface area contributed by atoms with Crippen molar-refractivity contribution in [2.75, 3.05) is 6.61 Å². The molecule has 2 nitrogen and oxygen atoms in total. The first-order chi connectivity index (χ1) is 7.81. The van der Waals surface area contributed by atoms with Crippen molar-refractivity contribution in [3.05, 3.63) is 28.9 Å². The van der Waals surface area contributed by atoms with E-state index < -0.39 is 0 Å². The molecule has 0 atom stereocenters. The first-order valence-corrected chi connectivity index (χ1v) is 6.12. The summed E-state index contributed by atoms with van der Waals surface area (Å²) < 4.78 is 5.60. The van der Waals surface area contributed by atoms with Gasteiger partial charge in [0.15, 0.2) is 0 Å². The number of hydrogen-bond acceptors (Lipinski definition) is 1. The van der Waals surface area contributed by atoms with Gasteiger partial charge in [0.05, 0.1) is 17.1 Å². The van der Waals surface area contributed by atoms with Gasteiger partial charge in [-0.2, -0.15) is 0 Å². The number of hydrogen-bond donors (Lipinski definition) is 1. The standard InChI is InChI=1S/C13H14ClNO/c1-2-16-10-5-3-4-9-11(14)12(8-6-7-8)15-13(9)10/h3-5,8,15H,2,6-7H2,1H3. The number of benzene rings is 1. The summed E-state index contributed by atoms with van der Waals surface area (Å²) in [5.74, 6) is 1.53. The summed E-state index contributed by atoms with van der Waals surface area (Å²) in [7, 11) is 0. The van der Waals surface area contributed by atoms with Crippen LogP contribution in [0, 0.1) is 0 Å². The first kappa shape index (κ1) is 10.0. The molecule has 3 rings (SSSR count). The molecule has 0 radical (unpaired) electrons. The van der Waals surface area contributed by atoms with Crippen LogP contribution in [-0.2, 0) is 0 Å². The molecular formula is C13H14ClNO. The Morgan fingerprint density at radius 1 is 1.44 bits per heavy atom. The lowest BCUT2D eigenvalue weighted by Gasteiger charge is -2.03. The van der Waals surface area contributed by atoms with Crippen LogP contribution < -0.4 is 4.74 Å². The molecule has 16 heavy (non-hydrogen) atoms. The predicted octanol–water partition coefficient (Wildman–Crippen LogP) is 4.10. The summed E-state index contributed by atoms with van der Waals surface area (Å²) in [5, 5.41) is 1.95. The summed E-state index contributed by atoms with van der Waals surface area (Å²) in [5.41, 5.74) is 2.22. The fourth-order valence-electron chi connectivity index (χ4n) is 2.11. The zero-order valence-electron chi connectivity index (χ0n) is 9.22. The van der Waals surface area contributed by atoms with E-state index in [1.807, 2.05) is 25.1 Å². The fraction of sp³-hybridized carbons (Fsp3) is 0.385. The van der Waals surface area contributed by atoms with Gasteiger partial charge in [-0.15, -0.1) is 0 Å². The van der Waals surface area contributed by atoms with E-state index in [4.69, 9.17) is 16.3 Å². The van der Waals surface area contributed by atoms with Gasteiger partial charge < -0.3 is 9.72 Å². The van der Waals surface area contributed by atoms with Crippen LogP contribution in [0.4, 0.5) is 0 Å². The minimum Gasteiger partial charge on any atom is -0.492 e. The molecule has 0 amide bonds. The van der Waals surface area contributed by atoms with Crippen molar-refractivity contribution in [3.63, 3.8) is 0 Å². The number of nitrogens with one attached hydrogen (secondary N) is 1. The quantitative estimate of drug-likeness (QED) is 0.852. The van der Waals surface area contributed by atoms with Crippen molar-refractivity contribution in [3.8, 4) is 5.75 Å². The van der Waals surface area contributed by atoms with E-state index in [-0.39, 0.29) is 0 Å². The van der Waals surface area contributed by atoms with E-state index in [2.05, 4.69) is 4.98 Å². The number of ether oxygens (including phenoxy) is 1. The van der Waals surface area contributed by atoms with Crippen molar-refractivity contribution in [2.45, 2.75) is 25.7 Å². The zero-order valence-corrected chi connectivity index (χ0v) is 9.97. The summed E-state index contributed by atoms with van der Waals surface area (Å²) in [6.07, 6.45) is 2.49. The molecule has 0 saturated heterocycles. The number of H-pyrrole nitrogens is 1. The summed E-state index contributed by atoms with van der Waals surface area (Å²) in [4.78, 5) is 3.42. The zero-order chi connectivity index (χ0) is 11.1. The molecule has 1 aliphatic carbocycles. The van der Waals surface area contributed by atoms with Gasteiger partial charge in [-0.3, -0.25) is 0 Å². The van der Waals surface area contributed by atoms with Crippen LogP contribution in [0.15, 0.2) is 18.2 Å². The molecule has 1 aromatic heterocycles. The van der Waals surface area contributed by atoms with E-state index >= 15 is 0 Å². The number of fused-ring (bicyclic) bond motifs is 1. The minimum absolute atomic E-state index is 0.634. The van der Waals surface area contributed by atoms with Gasteiger partial charge in [-0.1, -0.05) is 23.7 Å². The van der Waals surface area contributed by atoms with Crippen LogP contribution in [0.2, 0.25) is 5.02 Å². The molecule has 0 spiro atoms. The Hall–Kier alpha value is -1.15. The molecule has 2 aromatic rings. The highest BCUT2D eigenvalue weighted by molar-refractivity contribution is 6.36. The maximum absolute atomic E-state index is 6.38. The molecule has 0 aliphatic heterocycles. The van der Waals surface area contributed by atoms with Crippen LogP contribution >= 0.6 is 11.6 Å². The van der Waals surface area contributed by atoms with Crippen molar-refractivity contribution in [2.24, 2.45) is 0 Å². The van der Waals surface area contributed by atoms with E-state index in [1.165, 1.54) is 18.5 Å². The highest BCUT2D eigenvalue weighted by Crippen LogP contribution is 2.46. The third-order valence-electron chi connectivity index (χ3n) is 3.04. The molecule has 84 valence electrons. The molecule has 3 heteroatoms. The summed E-state index contributed by atoms with van der Waals surface area (Å²) in [6, 6.07) is 6.02. The van der Waals surface area contributed by atoms with Gasteiger partial charge in [-0.25, -0.2) is 0 Å². The van der Waals surface area contributed by atoms with Gasteiger partial charge in [0, 0.05) is 17.0 Å². The van der Waals surface area contributed by atoms with Crippen molar-refractivity contribution in [1.29, 1.82) is 0 Å². The minimum atomic E-state index is 0.634. The molecular weight excluding hydrogens is 222 g/mol. The second kappa shape index (κ2) is 3.70. The average Bonchev–Trinajstić information content (AvgIpc) is 3.06.